The zero-order chi connectivity index (χ0) is 31.1. The predicted octanol–water partition coefficient (Wildman–Crippen LogP) is 5.08. The van der Waals surface area contributed by atoms with E-state index in [1.165, 1.54) is 4.90 Å². The van der Waals surface area contributed by atoms with E-state index < -0.39 is 28.5 Å². The second-order valence-electron chi connectivity index (χ2n) is 11.3. The van der Waals surface area contributed by atoms with E-state index in [0.717, 1.165) is 58.3 Å². The summed E-state index contributed by atoms with van der Waals surface area (Å²) in [7, 11) is -3.90. The fourth-order valence-electron chi connectivity index (χ4n) is 5.73. The molecule has 2 aliphatic rings. The molecule has 2 amide bonds. The van der Waals surface area contributed by atoms with E-state index in [-0.39, 0.29) is 30.6 Å². The SMILES string of the molecule is CS(=O)(=O)N(CC(=O)N(Cc1cccc(Br)c1)[C@@H](Cc1ccccc1)C(=O)NC1CCCCC1)c1ccc2c(c1)OCCO2. The van der Waals surface area contributed by atoms with Crippen LogP contribution in [0, 0.1) is 0 Å². The summed E-state index contributed by atoms with van der Waals surface area (Å²) in [6, 6.07) is 21.1. The number of hydrogen-bond acceptors (Lipinski definition) is 6. The van der Waals surface area contributed by atoms with Crippen molar-refractivity contribution in [1.82, 2.24) is 10.2 Å². The van der Waals surface area contributed by atoms with Crippen molar-refractivity contribution in [2.24, 2.45) is 0 Å². The molecule has 0 spiro atoms. The summed E-state index contributed by atoms with van der Waals surface area (Å²) < 4.78 is 39.4. The number of nitrogens with one attached hydrogen (secondary N) is 1. The van der Waals surface area contributed by atoms with Gasteiger partial charge in [-0.1, -0.05) is 77.7 Å². The number of nitrogens with zero attached hydrogens (tertiary/aromatic N) is 2. The predicted molar refractivity (Wildman–Crippen MR) is 173 cm³/mol. The number of hydrogen-bond donors (Lipinski definition) is 1. The zero-order valence-corrected chi connectivity index (χ0v) is 27.2. The number of carbonyl (C=O) groups excluding carboxylic acids is 2. The minimum absolute atomic E-state index is 0.0441. The fraction of sp³-hybridized carbons (Fsp3) is 0.394. The van der Waals surface area contributed by atoms with E-state index in [4.69, 9.17) is 9.47 Å². The van der Waals surface area contributed by atoms with Crippen LogP contribution in [0.25, 0.3) is 0 Å². The van der Waals surface area contributed by atoms with Crippen LogP contribution < -0.4 is 19.1 Å². The molecule has 0 radical (unpaired) electrons. The molecule has 1 saturated carbocycles. The maximum Gasteiger partial charge on any atom is 0.244 e. The van der Waals surface area contributed by atoms with Crippen LogP contribution in [0.4, 0.5) is 5.69 Å². The van der Waals surface area contributed by atoms with Gasteiger partial charge in [-0.05, 0) is 48.2 Å². The quantitative estimate of drug-likeness (QED) is 0.303. The van der Waals surface area contributed by atoms with Gasteiger partial charge in [-0.15, -0.1) is 0 Å². The Labute approximate surface area is 267 Å². The first-order valence-corrected chi connectivity index (χ1v) is 17.6. The molecule has 0 aromatic heterocycles. The number of amides is 2. The summed E-state index contributed by atoms with van der Waals surface area (Å²) in [4.78, 5) is 29.9. The highest BCUT2D eigenvalue weighted by molar-refractivity contribution is 9.10. The third kappa shape index (κ3) is 8.32. The lowest BCUT2D eigenvalue weighted by molar-refractivity contribution is -0.140. The molecule has 3 aromatic rings. The number of anilines is 1. The summed E-state index contributed by atoms with van der Waals surface area (Å²) in [5, 5.41) is 3.22. The topological polar surface area (TPSA) is 105 Å². The molecule has 0 saturated heterocycles. The van der Waals surface area contributed by atoms with E-state index in [1.54, 1.807) is 18.2 Å². The molecule has 0 unspecified atom stereocenters. The Bertz CT molecular complexity index is 1560. The molecule has 1 aliphatic carbocycles. The molecular formula is C33H38BrN3O6S. The Morgan fingerprint density at radius 1 is 0.909 bits per heavy atom. The van der Waals surface area contributed by atoms with Crippen molar-refractivity contribution in [2.45, 2.75) is 57.2 Å². The smallest absolute Gasteiger partial charge is 0.244 e. The maximum absolute atomic E-state index is 14.4. The number of sulfonamides is 1. The van der Waals surface area contributed by atoms with Crippen LogP contribution in [0.5, 0.6) is 11.5 Å². The lowest BCUT2D eigenvalue weighted by Gasteiger charge is -2.35. The van der Waals surface area contributed by atoms with Crippen LogP contribution in [-0.2, 0) is 32.6 Å². The van der Waals surface area contributed by atoms with Crippen molar-refractivity contribution in [3.05, 3.63) is 88.4 Å². The molecule has 44 heavy (non-hydrogen) atoms. The molecule has 234 valence electrons. The first kappa shape index (κ1) is 31.8. The second-order valence-corrected chi connectivity index (χ2v) is 14.1. The average Bonchev–Trinajstić information content (AvgIpc) is 3.01. The minimum Gasteiger partial charge on any atom is -0.486 e. The molecule has 1 atom stereocenters. The Kier molecular flexibility index (Phi) is 10.5. The number of ether oxygens (including phenoxy) is 2. The van der Waals surface area contributed by atoms with Crippen LogP contribution in [0.15, 0.2) is 77.3 Å². The number of halogens is 1. The molecular weight excluding hydrogens is 646 g/mol. The first-order chi connectivity index (χ1) is 21.2. The lowest BCUT2D eigenvalue weighted by atomic mass is 9.94. The van der Waals surface area contributed by atoms with Crippen molar-refractivity contribution >= 4 is 43.5 Å². The van der Waals surface area contributed by atoms with Crippen molar-refractivity contribution < 1.29 is 27.5 Å². The normalized spacial score (nSPS) is 15.7. The van der Waals surface area contributed by atoms with Crippen LogP contribution in [0.1, 0.15) is 43.2 Å². The Balaban J connectivity index is 1.50. The van der Waals surface area contributed by atoms with Gasteiger partial charge in [0.05, 0.1) is 11.9 Å². The molecule has 9 nitrogen and oxygen atoms in total. The molecule has 5 rings (SSSR count). The Hall–Kier alpha value is -3.57. The summed E-state index contributed by atoms with van der Waals surface area (Å²) in [6.07, 6.45) is 6.38. The van der Waals surface area contributed by atoms with Gasteiger partial charge in [-0.25, -0.2) is 8.42 Å². The van der Waals surface area contributed by atoms with Crippen molar-refractivity contribution in [3.63, 3.8) is 0 Å². The van der Waals surface area contributed by atoms with Crippen molar-refractivity contribution in [2.75, 3.05) is 30.3 Å². The van der Waals surface area contributed by atoms with Gasteiger partial charge in [0, 0.05) is 29.5 Å². The minimum atomic E-state index is -3.90. The third-order valence-corrected chi connectivity index (χ3v) is 9.59. The van der Waals surface area contributed by atoms with Crippen LogP contribution in [0.3, 0.4) is 0 Å². The fourth-order valence-corrected chi connectivity index (χ4v) is 7.02. The third-order valence-electron chi connectivity index (χ3n) is 7.96. The number of benzene rings is 3. The van der Waals surface area contributed by atoms with Gasteiger partial charge in [0.15, 0.2) is 11.5 Å². The zero-order valence-electron chi connectivity index (χ0n) is 24.8. The van der Waals surface area contributed by atoms with Gasteiger partial charge in [0.1, 0.15) is 25.8 Å². The molecule has 11 heteroatoms. The number of rotatable bonds is 11. The molecule has 3 aromatic carbocycles. The highest BCUT2D eigenvalue weighted by atomic mass is 79.9. The summed E-state index contributed by atoms with van der Waals surface area (Å²) in [5.74, 6) is 0.187. The lowest BCUT2D eigenvalue weighted by Crippen LogP contribution is -2.55. The van der Waals surface area contributed by atoms with Crippen LogP contribution >= 0.6 is 15.9 Å². The van der Waals surface area contributed by atoms with E-state index in [0.29, 0.717) is 24.7 Å². The van der Waals surface area contributed by atoms with Gasteiger partial charge >= 0.3 is 0 Å². The summed E-state index contributed by atoms with van der Waals surface area (Å²) in [6.45, 7) is 0.365. The molecule has 1 N–H and O–H groups in total. The number of carbonyl (C=O) groups is 2. The Morgan fingerprint density at radius 2 is 1.61 bits per heavy atom. The standard InChI is InChI=1S/C33H38BrN3O6S/c1-44(40,41)37(28-15-16-30-31(21-28)43-18-17-42-30)23-32(38)36(22-25-11-8-12-26(34)19-25)29(20-24-9-4-2-5-10-24)33(39)35-27-13-6-3-7-14-27/h2,4-5,8-12,15-16,19,21,27,29H,3,6-7,13-14,17-18,20,22-23H2,1H3,(H,35,39)/t29-/m0/s1. The monoisotopic (exact) mass is 683 g/mol. The van der Waals surface area contributed by atoms with E-state index >= 15 is 0 Å². The Morgan fingerprint density at radius 3 is 2.32 bits per heavy atom. The second kappa shape index (κ2) is 14.5. The highest BCUT2D eigenvalue weighted by Gasteiger charge is 2.34. The van der Waals surface area contributed by atoms with Crippen molar-refractivity contribution in [3.8, 4) is 11.5 Å². The molecule has 1 heterocycles. The van der Waals surface area contributed by atoms with Gasteiger partial charge in [0.25, 0.3) is 0 Å². The summed E-state index contributed by atoms with van der Waals surface area (Å²) in [5.41, 5.74) is 1.98. The molecule has 1 aliphatic heterocycles. The van der Waals surface area contributed by atoms with Gasteiger partial charge in [-0.3, -0.25) is 13.9 Å². The van der Waals surface area contributed by atoms with Crippen LogP contribution in [-0.4, -0.2) is 63.2 Å². The van der Waals surface area contributed by atoms with Gasteiger partial charge < -0.3 is 19.7 Å². The highest BCUT2D eigenvalue weighted by Crippen LogP contribution is 2.35. The summed E-state index contributed by atoms with van der Waals surface area (Å²) >= 11 is 3.51. The molecule has 1 fully saturated rings. The van der Waals surface area contributed by atoms with Crippen LogP contribution in [0.2, 0.25) is 0 Å². The number of fused-ring (bicyclic) bond motifs is 1. The van der Waals surface area contributed by atoms with E-state index in [1.807, 2.05) is 54.6 Å². The van der Waals surface area contributed by atoms with Gasteiger partial charge in [0.2, 0.25) is 21.8 Å². The van der Waals surface area contributed by atoms with E-state index in [9.17, 15) is 18.0 Å². The largest absolute Gasteiger partial charge is 0.486 e. The van der Waals surface area contributed by atoms with Crippen molar-refractivity contribution in [1.29, 1.82) is 0 Å². The first-order valence-electron chi connectivity index (χ1n) is 14.9. The van der Waals surface area contributed by atoms with Gasteiger partial charge in [-0.2, -0.15) is 0 Å². The average molecular weight is 685 g/mol. The maximum atomic E-state index is 14.4. The molecule has 0 bridgehead atoms. The van der Waals surface area contributed by atoms with E-state index in [2.05, 4.69) is 21.2 Å².